The van der Waals surface area contributed by atoms with Crippen LogP contribution in [0.5, 0.6) is 5.75 Å². The molecule has 1 aromatic rings. The van der Waals surface area contributed by atoms with Crippen molar-refractivity contribution in [1.29, 1.82) is 0 Å². The van der Waals surface area contributed by atoms with E-state index in [0.717, 1.165) is 0 Å². The summed E-state index contributed by atoms with van der Waals surface area (Å²) in [6.45, 7) is 3.80. The van der Waals surface area contributed by atoms with E-state index >= 15 is 0 Å². The van der Waals surface area contributed by atoms with Gasteiger partial charge in [0.2, 0.25) is 5.91 Å². The molecular formula is C14H17ClN2O3. The molecule has 0 aliphatic carbocycles. The van der Waals surface area contributed by atoms with E-state index < -0.39 is 0 Å². The first-order valence-corrected chi connectivity index (χ1v) is 6.86. The Morgan fingerprint density at radius 3 is 2.45 bits per heavy atom. The highest BCUT2D eigenvalue weighted by Crippen LogP contribution is 2.17. The van der Waals surface area contributed by atoms with Crippen LogP contribution in [0.4, 0.5) is 0 Å². The summed E-state index contributed by atoms with van der Waals surface area (Å²) in [7, 11) is 0. The first kappa shape index (κ1) is 14.7. The van der Waals surface area contributed by atoms with Gasteiger partial charge in [0.25, 0.3) is 5.91 Å². The number of piperazine rings is 1. The third-order valence-corrected chi connectivity index (χ3v) is 3.47. The molecule has 6 heteroatoms. The molecule has 0 aromatic heterocycles. The van der Waals surface area contributed by atoms with Gasteiger partial charge in [-0.05, 0) is 18.2 Å². The summed E-state index contributed by atoms with van der Waals surface area (Å²) in [5.74, 6) is 0.550. The predicted molar refractivity (Wildman–Crippen MR) is 75.8 cm³/mol. The monoisotopic (exact) mass is 296 g/mol. The van der Waals surface area contributed by atoms with E-state index in [2.05, 4.69) is 0 Å². The average molecular weight is 297 g/mol. The summed E-state index contributed by atoms with van der Waals surface area (Å²) in [4.78, 5) is 26.7. The van der Waals surface area contributed by atoms with Crippen LogP contribution in [0.3, 0.4) is 0 Å². The van der Waals surface area contributed by atoms with Gasteiger partial charge in [-0.25, -0.2) is 0 Å². The number of nitrogens with zero attached hydrogens (tertiary/aromatic N) is 2. The molecular weight excluding hydrogens is 280 g/mol. The molecule has 20 heavy (non-hydrogen) atoms. The zero-order valence-corrected chi connectivity index (χ0v) is 12.1. The van der Waals surface area contributed by atoms with Crippen molar-refractivity contribution >= 4 is 23.4 Å². The number of benzene rings is 1. The van der Waals surface area contributed by atoms with Crippen LogP contribution in [0.15, 0.2) is 24.3 Å². The minimum Gasteiger partial charge on any atom is -0.484 e. The maximum Gasteiger partial charge on any atom is 0.260 e. The second-order valence-electron chi connectivity index (χ2n) is 4.63. The van der Waals surface area contributed by atoms with Crippen molar-refractivity contribution in [2.45, 2.75) is 6.92 Å². The van der Waals surface area contributed by atoms with Gasteiger partial charge in [0.15, 0.2) is 6.61 Å². The fourth-order valence-electron chi connectivity index (χ4n) is 2.06. The lowest BCUT2D eigenvalue weighted by atomic mass is 10.3. The summed E-state index contributed by atoms with van der Waals surface area (Å²) in [6.07, 6.45) is 0. The number of rotatable bonds is 3. The van der Waals surface area contributed by atoms with Gasteiger partial charge < -0.3 is 14.5 Å². The van der Waals surface area contributed by atoms with Crippen LogP contribution in [0.25, 0.3) is 0 Å². The van der Waals surface area contributed by atoms with Gasteiger partial charge in [0.1, 0.15) is 5.75 Å². The Morgan fingerprint density at radius 1 is 1.20 bits per heavy atom. The normalized spacial score (nSPS) is 15.1. The summed E-state index contributed by atoms with van der Waals surface area (Å²) in [6, 6.07) is 6.94. The highest BCUT2D eigenvalue weighted by molar-refractivity contribution is 6.30. The van der Waals surface area contributed by atoms with E-state index in [1.807, 2.05) is 0 Å². The van der Waals surface area contributed by atoms with Crippen LogP contribution in [0.1, 0.15) is 6.92 Å². The molecule has 0 bridgehead atoms. The summed E-state index contributed by atoms with van der Waals surface area (Å²) in [5.41, 5.74) is 0. The van der Waals surface area contributed by atoms with Crippen LogP contribution in [0.2, 0.25) is 5.02 Å². The quantitative estimate of drug-likeness (QED) is 0.847. The standard InChI is InChI=1S/C14H17ClN2O3/c1-11(18)16-5-7-17(8-6-16)14(19)10-20-13-4-2-3-12(15)9-13/h2-4,9H,5-8,10H2,1H3. The third-order valence-electron chi connectivity index (χ3n) is 3.24. The second kappa shape index (κ2) is 6.61. The Morgan fingerprint density at radius 2 is 1.85 bits per heavy atom. The fraction of sp³-hybridized carbons (Fsp3) is 0.429. The van der Waals surface area contributed by atoms with Crippen molar-refractivity contribution in [1.82, 2.24) is 9.80 Å². The van der Waals surface area contributed by atoms with Crippen LogP contribution in [-0.4, -0.2) is 54.4 Å². The molecule has 2 amide bonds. The van der Waals surface area contributed by atoms with E-state index in [1.54, 1.807) is 41.0 Å². The smallest absolute Gasteiger partial charge is 0.260 e. The fourth-order valence-corrected chi connectivity index (χ4v) is 2.24. The van der Waals surface area contributed by atoms with Crippen molar-refractivity contribution in [3.63, 3.8) is 0 Å². The molecule has 108 valence electrons. The lowest BCUT2D eigenvalue weighted by Gasteiger charge is -2.34. The highest BCUT2D eigenvalue weighted by Gasteiger charge is 2.22. The van der Waals surface area contributed by atoms with Gasteiger partial charge >= 0.3 is 0 Å². The zero-order valence-electron chi connectivity index (χ0n) is 11.3. The third kappa shape index (κ3) is 3.87. The van der Waals surface area contributed by atoms with Crippen molar-refractivity contribution in [3.05, 3.63) is 29.3 Å². The minimum absolute atomic E-state index is 0.0135. The molecule has 0 N–H and O–H groups in total. The van der Waals surface area contributed by atoms with Crippen molar-refractivity contribution in [2.24, 2.45) is 0 Å². The molecule has 5 nitrogen and oxygen atoms in total. The average Bonchev–Trinajstić information content (AvgIpc) is 2.45. The highest BCUT2D eigenvalue weighted by atomic mass is 35.5. The van der Waals surface area contributed by atoms with Gasteiger partial charge in [-0.2, -0.15) is 0 Å². The van der Waals surface area contributed by atoms with Crippen LogP contribution in [0, 0.1) is 0 Å². The molecule has 0 spiro atoms. The van der Waals surface area contributed by atoms with Gasteiger partial charge in [-0.15, -0.1) is 0 Å². The number of amides is 2. The molecule has 2 rings (SSSR count). The molecule has 1 aromatic carbocycles. The lowest BCUT2D eigenvalue weighted by molar-refractivity contribution is -0.139. The Bertz CT molecular complexity index is 499. The van der Waals surface area contributed by atoms with Gasteiger partial charge in [0.05, 0.1) is 0 Å². The van der Waals surface area contributed by atoms with Crippen LogP contribution in [-0.2, 0) is 9.59 Å². The molecule has 1 fully saturated rings. The van der Waals surface area contributed by atoms with Crippen molar-refractivity contribution in [3.8, 4) is 5.75 Å². The molecule has 1 saturated heterocycles. The molecule has 0 saturated carbocycles. The summed E-state index contributed by atoms with van der Waals surface area (Å²) >= 11 is 5.84. The molecule has 1 aliphatic heterocycles. The molecule has 1 aliphatic rings. The Kier molecular flexibility index (Phi) is 4.84. The zero-order chi connectivity index (χ0) is 14.5. The SMILES string of the molecule is CC(=O)N1CCN(C(=O)COc2cccc(Cl)c2)CC1. The van der Waals surface area contributed by atoms with Gasteiger partial charge in [-0.1, -0.05) is 17.7 Å². The Balaban J connectivity index is 1.80. The van der Waals surface area contributed by atoms with E-state index in [0.29, 0.717) is 37.0 Å². The lowest BCUT2D eigenvalue weighted by Crippen LogP contribution is -2.51. The van der Waals surface area contributed by atoms with Crippen LogP contribution < -0.4 is 4.74 Å². The van der Waals surface area contributed by atoms with E-state index in [9.17, 15) is 9.59 Å². The Labute approximate surface area is 123 Å². The predicted octanol–water partition coefficient (Wildman–Crippen LogP) is 1.41. The van der Waals surface area contributed by atoms with Gasteiger partial charge in [-0.3, -0.25) is 9.59 Å². The maximum absolute atomic E-state index is 12.0. The molecule has 1 heterocycles. The molecule has 0 radical (unpaired) electrons. The minimum atomic E-state index is -0.0758. The van der Waals surface area contributed by atoms with E-state index in [4.69, 9.17) is 16.3 Å². The first-order valence-electron chi connectivity index (χ1n) is 6.48. The number of carbonyl (C=O) groups is 2. The summed E-state index contributed by atoms with van der Waals surface area (Å²) in [5, 5.41) is 0.574. The van der Waals surface area contributed by atoms with E-state index in [-0.39, 0.29) is 18.4 Å². The number of halogens is 1. The van der Waals surface area contributed by atoms with E-state index in [1.165, 1.54) is 0 Å². The number of hydrogen-bond acceptors (Lipinski definition) is 3. The second-order valence-corrected chi connectivity index (χ2v) is 5.07. The summed E-state index contributed by atoms with van der Waals surface area (Å²) < 4.78 is 5.42. The van der Waals surface area contributed by atoms with Crippen molar-refractivity contribution in [2.75, 3.05) is 32.8 Å². The van der Waals surface area contributed by atoms with Crippen molar-refractivity contribution < 1.29 is 14.3 Å². The number of hydrogen-bond donors (Lipinski definition) is 0. The largest absolute Gasteiger partial charge is 0.484 e. The first-order chi connectivity index (χ1) is 9.56. The maximum atomic E-state index is 12.0. The van der Waals surface area contributed by atoms with Gasteiger partial charge in [0, 0.05) is 38.1 Å². The Hall–Kier alpha value is -1.75. The molecule has 0 atom stereocenters. The topological polar surface area (TPSA) is 49.9 Å². The number of carbonyl (C=O) groups excluding carboxylic acids is 2. The number of ether oxygens (including phenoxy) is 1. The molecule has 0 unspecified atom stereocenters. The van der Waals surface area contributed by atoms with Crippen LogP contribution >= 0.6 is 11.6 Å².